The van der Waals surface area contributed by atoms with Gasteiger partial charge in [-0.25, -0.2) is 4.98 Å². The van der Waals surface area contributed by atoms with Crippen LogP contribution in [0.5, 0.6) is 0 Å². The van der Waals surface area contributed by atoms with Gasteiger partial charge in [0.25, 0.3) is 0 Å². The lowest BCUT2D eigenvalue weighted by Gasteiger charge is -2.05. The molecule has 78 valence electrons. The molecule has 0 aromatic carbocycles. The number of nitrogens with zero attached hydrogens (tertiary/aromatic N) is 2. The summed E-state index contributed by atoms with van der Waals surface area (Å²) in [4.78, 5) is 15.0. The van der Waals surface area contributed by atoms with E-state index in [1.807, 2.05) is 6.07 Å². The van der Waals surface area contributed by atoms with Crippen molar-refractivity contribution >= 4 is 11.7 Å². The van der Waals surface area contributed by atoms with E-state index >= 15 is 0 Å². The van der Waals surface area contributed by atoms with E-state index in [0.717, 1.165) is 0 Å². The van der Waals surface area contributed by atoms with Crippen LogP contribution in [-0.2, 0) is 16.0 Å². The maximum absolute atomic E-state index is 11.2. The topological polar surface area (TPSA) is 89.0 Å². The third kappa shape index (κ3) is 2.68. The van der Waals surface area contributed by atoms with Crippen LogP contribution < -0.4 is 5.73 Å². The van der Waals surface area contributed by atoms with Crippen molar-refractivity contribution in [2.75, 3.05) is 12.3 Å². The van der Waals surface area contributed by atoms with Crippen LogP contribution >= 0.6 is 0 Å². The summed E-state index contributed by atoms with van der Waals surface area (Å²) in [5, 5.41) is 8.67. The zero-order chi connectivity index (χ0) is 11.3. The highest BCUT2D eigenvalue weighted by atomic mass is 16.5. The molecule has 5 nitrogen and oxygen atoms in total. The highest BCUT2D eigenvalue weighted by Gasteiger charge is 2.10. The molecule has 0 radical (unpaired) electrons. The largest absolute Gasteiger partial charge is 0.466 e. The molecule has 0 bridgehead atoms. The first-order chi connectivity index (χ1) is 7.19. The molecule has 0 aliphatic carbocycles. The molecule has 0 amide bonds. The van der Waals surface area contributed by atoms with Crippen LogP contribution in [0, 0.1) is 11.3 Å². The first-order valence-corrected chi connectivity index (χ1v) is 4.48. The number of esters is 1. The van der Waals surface area contributed by atoms with Crippen molar-refractivity contribution < 1.29 is 9.53 Å². The Morgan fingerprint density at radius 2 is 2.47 bits per heavy atom. The van der Waals surface area contributed by atoms with Gasteiger partial charge in [-0.2, -0.15) is 5.26 Å². The predicted octanol–water partition coefficient (Wildman–Crippen LogP) is 0.641. The van der Waals surface area contributed by atoms with Crippen LogP contribution in [0.15, 0.2) is 12.3 Å². The zero-order valence-electron chi connectivity index (χ0n) is 8.36. The minimum Gasteiger partial charge on any atom is -0.466 e. The molecule has 1 heterocycles. The van der Waals surface area contributed by atoms with Gasteiger partial charge in [0.05, 0.1) is 18.7 Å². The molecule has 0 aliphatic rings. The Balaban J connectivity index is 2.87. The van der Waals surface area contributed by atoms with Crippen LogP contribution in [0.4, 0.5) is 5.69 Å². The second kappa shape index (κ2) is 4.96. The van der Waals surface area contributed by atoms with Gasteiger partial charge < -0.3 is 10.5 Å². The normalized spacial score (nSPS) is 9.33. The molecule has 0 fully saturated rings. The Bertz CT molecular complexity index is 410. The maximum atomic E-state index is 11.2. The molecule has 1 aromatic rings. The highest BCUT2D eigenvalue weighted by molar-refractivity contribution is 5.75. The van der Waals surface area contributed by atoms with Gasteiger partial charge >= 0.3 is 5.97 Å². The van der Waals surface area contributed by atoms with Crippen LogP contribution in [0.2, 0.25) is 0 Å². The number of nitrogen functional groups attached to an aromatic ring is 1. The monoisotopic (exact) mass is 205 g/mol. The zero-order valence-corrected chi connectivity index (χ0v) is 8.36. The Hall–Kier alpha value is -2.09. The van der Waals surface area contributed by atoms with E-state index < -0.39 is 0 Å². The van der Waals surface area contributed by atoms with Crippen molar-refractivity contribution in [2.24, 2.45) is 0 Å². The second-order valence-electron chi connectivity index (χ2n) is 2.83. The molecule has 0 atom stereocenters. The Morgan fingerprint density at radius 1 is 1.73 bits per heavy atom. The number of carbonyl (C=O) groups excluding carboxylic acids is 1. The molecule has 1 aromatic heterocycles. The van der Waals surface area contributed by atoms with Crippen molar-refractivity contribution in [2.45, 2.75) is 13.3 Å². The number of rotatable bonds is 3. The van der Waals surface area contributed by atoms with Gasteiger partial charge in [-0.3, -0.25) is 4.79 Å². The number of hydrogen-bond donors (Lipinski definition) is 1. The summed E-state index contributed by atoms with van der Waals surface area (Å²) in [6.45, 7) is 2.06. The summed E-state index contributed by atoms with van der Waals surface area (Å²) < 4.78 is 4.78. The summed E-state index contributed by atoms with van der Waals surface area (Å²) in [5.74, 6) is -0.362. The average molecular weight is 205 g/mol. The lowest BCUT2D eigenvalue weighted by atomic mass is 10.1. The van der Waals surface area contributed by atoms with Gasteiger partial charge in [0.2, 0.25) is 0 Å². The van der Waals surface area contributed by atoms with E-state index in [1.54, 1.807) is 13.0 Å². The van der Waals surface area contributed by atoms with Gasteiger partial charge in [-0.15, -0.1) is 0 Å². The predicted molar refractivity (Wildman–Crippen MR) is 53.7 cm³/mol. The van der Waals surface area contributed by atoms with Gasteiger partial charge in [0.15, 0.2) is 5.69 Å². The van der Waals surface area contributed by atoms with E-state index in [4.69, 9.17) is 15.7 Å². The number of aromatic nitrogens is 1. The van der Waals surface area contributed by atoms with Crippen LogP contribution in [-0.4, -0.2) is 17.6 Å². The van der Waals surface area contributed by atoms with Crippen molar-refractivity contribution in [1.29, 1.82) is 5.26 Å². The molecule has 0 aliphatic heterocycles. The fourth-order valence-electron chi connectivity index (χ4n) is 1.12. The molecule has 0 unspecified atom stereocenters. The number of nitriles is 1. The SMILES string of the molecule is CCOC(=O)Cc1ccnc(C#N)c1N. The van der Waals surface area contributed by atoms with Crippen molar-refractivity contribution in [3.63, 3.8) is 0 Å². The molecule has 0 saturated carbocycles. The standard InChI is InChI=1S/C10H11N3O2/c1-2-15-9(14)5-7-3-4-13-8(6-11)10(7)12/h3-4H,2,5,12H2,1H3. The number of carbonyl (C=O) groups is 1. The van der Waals surface area contributed by atoms with Gasteiger partial charge in [-0.05, 0) is 18.6 Å². The molecule has 2 N–H and O–H groups in total. The molecule has 1 rings (SSSR count). The number of nitrogens with two attached hydrogens (primary N) is 1. The van der Waals surface area contributed by atoms with Crippen molar-refractivity contribution in [3.05, 3.63) is 23.5 Å². The summed E-state index contributed by atoms with van der Waals surface area (Å²) >= 11 is 0. The Kier molecular flexibility index (Phi) is 3.63. The van der Waals surface area contributed by atoms with E-state index in [2.05, 4.69) is 4.98 Å². The quantitative estimate of drug-likeness (QED) is 0.731. The Morgan fingerprint density at radius 3 is 3.07 bits per heavy atom. The summed E-state index contributed by atoms with van der Waals surface area (Å²) in [6.07, 6.45) is 1.51. The van der Waals surface area contributed by atoms with Crippen molar-refractivity contribution in [1.82, 2.24) is 4.98 Å². The third-order valence-corrected chi connectivity index (χ3v) is 1.83. The van der Waals surface area contributed by atoms with Gasteiger partial charge in [-0.1, -0.05) is 0 Å². The summed E-state index contributed by atoms with van der Waals surface area (Å²) in [7, 11) is 0. The summed E-state index contributed by atoms with van der Waals surface area (Å²) in [5.41, 5.74) is 6.59. The number of hydrogen-bond acceptors (Lipinski definition) is 5. The van der Waals surface area contributed by atoms with E-state index in [0.29, 0.717) is 12.2 Å². The van der Waals surface area contributed by atoms with E-state index in [1.165, 1.54) is 6.20 Å². The molecule has 5 heteroatoms. The fourth-order valence-corrected chi connectivity index (χ4v) is 1.12. The minimum absolute atomic E-state index is 0.0663. The van der Waals surface area contributed by atoms with E-state index in [-0.39, 0.29) is 23.8 Å². The smallest absolute Gasteiger partial charge is 0.310 e. The van der Waals surface area contributed by atoms with E-state index in [9.17, 15) is 4.79 Å². The first kappa shape index (κ1) is 11.0. The first-order valence-electron chi connectivity index (χ1n) is 4.48. The minimum atomic E-state index is -0.362. The second-order valence-corrected chi connectivity index (χ2v) is 2.83. The number of ether oxygens (including phenoxy) is 1. The van der Waals surface area contributed by atoms with Crippen LogP contribution in [0.3, 0.4) is 0 Å². The van der Waals surface area contributed by atoms with Gasteiger partial charge in [0.1, 0.15) is 6.07 Å². The molecular formula is C10H11N3O2. The fraction of sp³-hybridized carbons (Fsp3) is 0.300. The average Bonchev–Trinajstić information content (AvgIpc) is 2.21. The molecule has 0 spiro atoms. The van der Waals surface area contributed by atoms with Gasteiger partial charge in [0, 0.05) is 6.20 Å². The third-order valence-electron chi connectivity index (χ3n) is 1.83. The number of pyridine rings is 1. The van der Waals surface area contributed by atoms with Crippen LogP contribution in [0.1, 0.15) is 18.2 Å². The highest BCUT2D eigenvalue weighted by Crippen LogP contribution is 2.15. The maximum Gasteiger partial charge on any atom is 0.310 e. The lowest BCUT2D eigenvalue weighted by Crippen LogP contribution is -2.10. The summed E-state index contributed by atoms with van der Waals surface area (Å²) in [6, 6.07) is 3.46. The van der Waals surface area contributed by atoms with Crippen LogP contribution in [0.25, 0.3) is 0 Å². The molecular weight excluding hydrogens is 194 g/mol. The number of anilines is 1. The van der Waals surface area contributed by atoms with Crippen molar-refractivity contribution in [3.8, 4) is 6.07 Å². The molecule has 0 saturated heterocycles. The lowest BCUT2D eigenvalue weighted by molar-refractivity contribution is -0.142. The Labute approximate surface area is 87.5 Å². The molecule has 15 heavy (non-hydrogen) atoms.